The lowest BCUT2D eigenvalue weighted by Crippen LogP contribution is -1.91. The van der Waals surface area contributed by atoms with E-state index in [-0.39, 0.29) is 0 Å². The van der Waals surface area contributed by atoms with Crippen LogP contribution in [0, 0.1) is 13.8 Å². The Balaban J connectivity index is 2.19. The Hall–Kier alpha value is -1.83. The van der Waals surface area contributed by atoms with E-state index in [2.05, 4.69) is 25.1 Å². The van der Waals surface area contributed by atoms with Gasteiger partial charge in [-0.3, -0.25) is 0 Å². The van der Waals surface area contributed by atoms with Crippen LogP contribution in [0.3, 0.4) is 0 Å². The lowest BCUT2D eigenvalue weighted by molar-refractivity contribution is 0.414. The molecule has 0 amide bonds. The van der Waals surface area contributed by atoms with E-state index in [1.54, 1.807) is 7.11 Å². The predicted molar refractivity (Wildman–Crippen MR) is 68.4 cm³/mol. The standard InChI is InChI=1S/C15H17O2/c1-11-8-12(2)17-15(9-11)10-13-4-6-14(16-3)7-5-13/h4-9H,10H2,1-3H3/q+1. The van der Waals surface area contributed by atoms with Gasteiger partial charge in [0.05, 0.1) is 20.5 Å². The van der Waals surface area contributed by atoms with Gasteiger partial charge in [-0.2, -0.15) is 0 Å². The maximum absolute atomic E-state index is 5.69. The Labute approximate surface area is 102 Å². The number of hydrogen-bond acceptors (Lipinski definition) is 1. The first kappa shape index (κ1) is 11.6. The molecule has 2 nitrogen and oxygen atoms in total. The third-order valence-electron chi connectivity index (χ3n) is 2.65. The molecule has 2 rings (SSSR count). The van der Waals surface area contributed by atoms with Crippen LogP contribution >= 0.6 is 0 Å². The van der Waals surface area contributed by atoms with Crippen LogP contribution in [0.1, 0.15) is 22.6 Å². The first-order valence-electron chi connectivity index (χ1n) is 5.70. The maximum Gasteiger partial charge on any atom is 0.334 e. The van der Waals surface area contributed by atoms with Crippen LogP contribution < -0.4 is 4.74 Å². The number of benzene rings is 1. The highest BCUT2D eigenvalue weighted by Crippen LogP contribution is 2.16. The molecule has 2 heteroatoms. The first-order valence-corrected chi connectivity index (χ1v) is 5.70. The summed E-state index contributed by atoms with van der Waals surface area (Å²) in [5.41, 5.74) is 2.46. The summed E-state index contributed by atoms with van der Waals surface area (Å²) in [6.07, 6.45) is 0.812. The fraction of sp³-hybridized carbons (Fsp3) is 0.267. The van der Waals surface area contributed by atoms with Gasteiger partial charge in [0.25, 0.3) is 0 Å². The minimum Gasteiger partial charge on any atom is -0.497 e. The summed E-state index contributed by atoms with van der Waals surface area (Å²) in [4.78, 5) is 0. The molecule has 0 saturated carbocycles. The zero-order valence-electron chi connectivity index (χ0n) is 10.5. The summed E-state index contributed by atoms with van der Waals surface area (Å²) in [5.74, 6) is 2.83. The molecule has 1 aromatic carbocycles. The third-order valence-corrected chi connectivity index (χ3v) is 2.65. The lowest BCUT2D eigenvalue weighted by atomic mass is 10.1. The van der Waals surface area contributed by atoms with Crippen LogP contribution in [0.2, 0.25) is 0 Å². The minimum absolute atomic E-state index is 0.812. The molecule has 88 valence electrons. The number of rotatable bonds is 3. The Kier molecular flexibility index (Phi) is 3.43. The highest BCUT2D eigenvalue weighted by Gasteiger charge is 2.11. The second-order valence-electron chi connectivity index (χ2n) is 4.24. The van der Waals surface area contributed by atoms with Crippen LogP contribution in [0.25, 0.3) is 0 Å². The smallest absolute Gasteiger partial charge is 0.334 e. The molecule has 0 atom stereocenters. The van der Waals surface area contributed by atoms with E-state index in [1.165, 1.54) is 11.1 Å². The Bertz CT molecular complexity index is 481. The molecule has 0 radical (unpaired) electrons. The molecular weight excluding hydrogens is 212 g/mol. The van der Waals surface area contributed by atoms with E-state index in [4.69, 9.17) is 9.15 Å². The number of hydrogen-bond donors (Lipinski definition) is 0. The molecule has 0 bridgehead atoms. The van der Waals surface area contributed by atoms with Gasteiger partial charge in [-0.25, -0.2) is 4.42 Å². The molecule has 2 aromatic rings. The molecule has 17 heavy (non-hydrogen) atoms. The van der Waals surface area contributed by atoms with Crippen LogP contribution in [-0.2, 0) is 6.42 Å². The van der Waals surface area contributed by atoms with Crippen molar-refractivity contribution in [1.82, 2.24) is 0 Å². The average Bonchev–Trinajstić information content (AvgIpc) is 2.28. The van der Waals surface area contributed by atoms with E-state index in [1.807, 2.05) is 25.1 Å². The number of ether oxygens (including phenoxy) is 1. The molecule has 0 aliphatic carbocycles. The summed E-state index contributed by atoms with van der Waals surface area (Å²) in [6.45, 7) is 4.06. The minimum atomic E-state index is 0.812. The summed E-state index contributed by atoms with van der Waals surface area (Å²) >= 11 is 0. The lowest BCUT2D eigenvalue weighted by Gasteiger charge is -2.00. The predicted octanol–water partition coefficient (Wildman–Crippen LogP) is 3.78. The van der Waals surface area contributed by atoms with Gasteiger partial charge in [0.15, 0.2) is 0 Å². The van der Waals surface area contributed by atoms with Gasteiger partial charge in [0.1, 0.15) is 5.75 Å². The molecule has 0 N–H and O–H groups in total. The van der Waals surface area contributed by atoms with Gasteiger partial charge in [-0.15, -0.1) is 0 Å². The van der Waals surface area contributed by atoms with Crippen LogP contribution in [-0.4, -0.2) is 7.11 Å². The van der Waals surface area contributed by atoms with Crippen molar-refractivity contribution in [2.24, 2.45) is 0 Å². The average molecular weight is 229 g/mol. The largest absolute Gasteiger partial charge is 0.497 e. The normalized spacial score (nSPS) is 10.3. The number of methoxy groups -OCH3 is 1. The van der Waals surface area contributed by atoms with Gasteiger partial charge in [0.2, 0.25) is 0 Å². The summed E-state index contributed by atoms with van der Waals surface area (Å²) in [6, 6.07) is 12.2. The zero-order chi connectivity index (χ0) is 12.3. The monoisotopic (exact) mass is 229 g/mol. The Morgan fingerprint density at radius 1 is 1.06 bits per heavy atom. The zero-order valence-corrected chi connectivity index (χ0v) is 10.5. The van der Waals surface area contributed by atoms with Gasteiger partial charge in [0, 0.05) is 12.1 Å². The SMILES string of the molecule is COc1ccc(Cc2cc(C)cc(C)[o+]2)cc1. The Morgan fingerprint density at radius 3 is 2.35 bits per heavy atom. The molecule has 0 spiro atoms. The second kappa shape index (κ2) is 5.00. The van der Waals surface area contributed by atoms with Gasteiger partial charge < -0.3 is 4.74 Å². The molecule has 0 aliphatic rings. The molecule has 0 unspecified atom stereocenters. The molecule has 1 heterocycles. The molecule has 1 aromatic heterocycles. The van der Waals surface area contributed by atoms with Crippen LogP contribution in [0.5, 0.6) is 5.75 Å². The van der Waals surface area contributed by atoms with Crippen molar-refractivity contribution >= 4 is 0 Å². The molecular formula is C15H17O2+. The highest BCUT2D eigenvalue weighted by atomic mass is 16.5. The fourth-order valence-electron chi connectivity index (χ4n) is 1.91. The quantitative estimate of drug-likeness (QED) is 0.747. The molecule has 0 saturated heterocycles. The van der Waals surface area contributed by atoms with E-state index < -0.39 is 0 Å². The topological polar surface area (TPSA) is 20.5 Å². The van der Waals surface area contributed by atoms with Crippen molar-refractivity contribution in [1.29, 1.82) is 0 Å². The van der Waals surface area contributed by atoms with E-state index in [9.17, 15) is 0 Å². The van der Waals surface area contributed by atoms with Crippen molar-refractivity contribution < 1.29 is 9.15 Å². The number of aryl methyl sites for hydroxylation is 2. The third kappa shape index (κ3) is 3.06. The van der Waals surface area contributed by atoms with Crippen molar-refractivity contribution in [3.05, 3.63) is 59.0 Å². The summed E-state index contributed by atoms with van der Waals surface area (Å²) in [7, 11) is 1.67. The van der Waals surface area contributed by atoms with Crippen molar-refractivity contribution in [2.45, 2.75) is 20.3 Å². The van der Waals surface area contributed by atoms with Gasteiger partial charge in [-0.1, -0.05) is 12.1 Å². The summed E-state index contributed by atoms with van der Waals surface area (Å²) < 4.78 is 10.8. The van der Waals surface area contributed by atoms with E-state index >= 15 is 0 Å². The molecule has 0 aliphatic heterocycles. The van der Waals surface area contributed by atoms with Crippen molar-refractivity contribution in [3.8, 4) is 5.75 Å². The van der Waals surface area contributed by atoms with Gasteiger partial charge in [-0.05, 0) is 30.2 Å². The van der Waals surface area contributed by atoms with Crippen LogP contribution in [0.15, 0.2) is 40.8 Å². The van der Waals surface area contributed by atoms with Gasteiger partial charge >= 0.3 is 11.5 Å². The molecule has 0 fully saturated rings. The van der Waals surface area contributed by atoms with E-state index in [0.29, 0.717) is 0 Å². The first-order chi connectivity index (χ1) is 8.17. The van der Waals surface area contributed by atoms with Crippen LogP contribution in [0.4, 0.5) is 0 Å². The van der Waals surface area contributed by atoms with Crippen molar-refractivity contribution in [3.63, 3.8) is 0 Å². The maximum atomic E-state index is 5.69. The fourth-order valence-corrected chi connectivity index (χ4v) is 1.91. The highest BCUT2D eigenvalue weighted by molar-refractivity contribution is 5.30. The second-order valence-corrected chi connectivity index (χ2v) is 4.24. The van der Waals surface area contributed by atoms with E-state index in [0.717, 1.165) is 23.7 Å². The van der Waals surface area contributed by atoms with Crippen molar-refractivity contribution in [2.75, 3.05) is 7.11 Å². The summed E-state index contributed by atoms with van der Waals surface area (Å²) in [5, 5.41) is 0. The Morgan fingerprint density at radius 2 is 1.76 bits per heavy atom.